The fourth-order valence-electron chi connectivity index (χ4n) is 3.73. The van der Waals surface area contributed by atoms with E-state index in [1.165, 1.54) is 12.8 Å². The maximum atomic E-state index is 6.51. The van der Waals surface area contributed by atoms with Crippen molar-refractivity contribution < 1.29 is 9.47 Å². The highest BCUT2D eigenvalue weighted by molar-refractivity contribution is 6.22. The maximum Gasteiger partial charge on any atom is 0.101 e. The highest BCUT2D eigenvalue weighted by Crippen LogP contribution is 2.52. The van der Waals surface area contributed by atoms with Gasteiger partial charge in [0.05, 0.1) is 23.7 Å². The number of halogens is 2. The van der Waals surface area contributed by atoms with E-state index in [4.69, 9.17) is 32.7 Å². The van der Waals surface area contributed by atoms with Crippen molar-refractivity contribution in [2.24, 2.45) is 11.8 Å². The Labute approximate surface area is 106 Å². The lowest BCUT2D eigenvalue weighted by Crippen LogP contribution is -2.39. The topological polar surface area (TPSA) is 25.1 Å². The number of epoxide rings is 2. The van der Waals surface area contributed by atoms with Crippen LogP contribution in [0.3, 0.4) is 0 Å². The Kier molecular flexibility index (Phi) is 2.28. The van der Waals surface area contributed by atoms with E-state index in [9.17, 15) is 0 Å². The van der Waals surface area contributed by atoms with Crippen LogP contribution < -0.4 is 0 Å². The van der Waals surface area contributed by atoms with Crippen LogP contribution in [0.15, 0.2) is 0 Å². The summed E-state index contributed by atoms with van der Waals surface area (Å²) in [6.45, 7) is 0. The molecular formula is C12H16Cl2O2. The van der Waals surface area contributed by atoms with Gasteiger partial charge in [-0.2, -0.15) is 0 Å². The Balaban J connectivity index is 1.50. The van der Waals surface area contributed by atoms with Crippen molar-refractivity contribution in [1.29, 1.82) is 0 Å². The van der Waals surface area contributed by atoms with Gasteiger partial charge in [0, 0.05) is 5.38 Å². The molecule has 0 spiro atoms. The van der Waals surface area contributed by atoms with Gasteiger partial charge in [0.15, 0.2) is 0 Å². The van der Waals surface area contributed by atoms with E-state index in [0.29, 0.717) is 36.3 Å². The highest BCUT2D eigenvalue weighted by Gasteiger charge is 2.56. The van der Waals surface area contributed by atoms with Gasteiger partial charge in [-0.25, -0.2) is 0 Å². The number of rotatable bonds is 1. The minimum atomic E-state index is 0.181. The lowest BCUT2D eigenvalue weighted by atomic mass is 9.73. The molecule has 4 aliphatic rings. The Morgan fingerprint density at radius 3 is 2.50 bits per heavy atom. The molecule has 90 valence electrons. The summed E-state index contributed by atoms with van der Waals surface area (Å²) >= 11 is 13.0. The molecule has 2 heterocycles. The molecule has 8 atom stereocenters. The molecule has 2 saturated carbocycles. The third kappa shape index (κ3) is 1.53. The van der Waals surface area contributed by atoms with Crippen LogP contribution >= 0.6 is 23.2 Å². The van der Waals surface area contributed by atoms with E-state index in [1.54, 1.807) is 0 Å². The van der Waals surface area contributed by atoms with Gasteiger partial charge in [0.1, 0.15) is 6.10 Å². The number of hydrogen-bond donors (Lipinski definition) is 0. The molecule has 0 amide bonds. The lowest BCUT2D eigenvalue weighted by Gasteiger charge is -2.36. The van der Waals surface area contributed by atoms with Crippen LogP contribution in [0, 0.1) is 11.8 Å². The largest absolute Gasteiger partial charge is 0.370 e. The molecule has 2 saturated heterocycles. The number of fused-ring (bicyclic) bond motifs is 2. The monoisotopic (exact) mass is 262 g/mol. The normalized spacial score (nSPS) is 63.4. The average molecular weight is 263 g/mol. The Hall–Kier alpha value is 0.500. The Morgan fingerprint density at radius 2 is 1.62 bits per heavy atom. The Morgan fingerprint density at radius 1 is 0.812 bits per heavy atom. The van der Waals surface area contributed by atoms with E-state index in [-0.39, 0.29) is 10.8 Å². The van der Waals surface area contributed by atoms with Crippen molar-refractivity contribution in [1.82, 2.24) is 0 Å². The molecule has 0 aromatic heterocycles. The standard InChI is InChI=1S/C12H16Cl2O2/c13-7-4-10-9(15-10)3-6(7)5-1-2-8-12(16-8)11(5)14/h5-12H,1-4H2. The predicted octanol–water partition coefficient (Wildman–Crippen LogP) is 2.56. The van der Waals surface area contributed by atoms with Crippen molar-refractivity contribution in [3.05, 3.63) is 0 Å². The van der Waals surface area contributed by atoms with Crippen LogP contribution in [0.1, 0.15) is 25.7 Å². The van der Waals surface area contributed by atoms with E-state index in [1.807, 2.05) is 0 Å². The molecular weight excluding hydrogens is 247 g/mol. The summed E-state index contributed by atoms with van der Waals surface area (Å²) in [6, 6.07) is 0. The minimum Gasteiger partial charge on any atom is -0.370 e. The molecule has 4 heteroatoms. The van der Waals surface area contributed by atoms with E-state index < -0.39 is 0 Å². The molecule has 4 rings (SSSR count). The predicted molar refractivity (Wildman–Crippen MR) is 62.1 cm³/mol. The summed E-state index contributed by atoms with van der Waals surface area (Å²) < 4.78 is 11.2. The van der Waals surface area contributed by atoms with Gasteiger partial charge in [-0.15, -0.1) is 23.2 Å². The van der Waals surface area contributed by atoms with Crippen LogP contribution in [0.5, 0.6) is 0 Å². The van der Waals surface area contributed by atoms with Crippen molar-refractivity contribution in [3.8, 4) is 0 Å². The zero-order valence-electron chi connectivity index (χ0n) is 9.02. The highest BCUT2D eigenvalue weighted by atomic mass is 35.5. The van der Waals surface area contributed by atoms with Crippen LogP contribution in [0.4, 0.5) is 0 Å². The maximum absolute atomic E-state index is 6.51. The summed E-state index contributed by atoms with van der Waals surface area (Å²) in [4.78, 5) is 0. The Bertz CT molecular complexity index is 311. The first kappa shape index (κ1) is 10.4. The summed E-state index contributed by atoms with van der Waals surface area (Å²) in [5.41, 5.74) is 0. The van der Waals surface area contributed by atoms with E-state index >= 15 is 0 Å². The molecule has 2 nitrogen and oxygen atoms in total. The molecule has 16 heavy (non-hydrogen) atoms. The first-order chi connectivity index (χ1) is 7.74. The van der Waals surface area contributed by atoms with Crippen molar-refractivity contribution >= 4 is 23.2 Å². The van der Waals surface area contributed by atoms with E-state index in [2.05, 4.69) is 0 Å². The van der Waals surface area contributed by atoms with Crippen LogP contribution in [0.25, 0.3) is 0 Å². The number of alkyl halides is 2. The number of hydrogen-bond acceptors (Lipinski definition) is 2. The van der Waals surface area contributed by atoms with Crippen LogP contribution in [0.2, 0.25) is 0 Å². The van der Waals surface area contributed by atoms with Crippen molar-refractivity contribution in [2.75, 3.05) is 0 Å². The minimum absolute atomic E-state index is 0.181. The van der Waals surface area contributed by atoms with Gasteiger partial charge in [-0.05, 0) is 37.5 Å². The summed E-state index contributed by atoms with van der Waals surface area (Å²) in [5.74, 6) is 1.08. The second-order valence-electron chi connectivity index (χ2n) is 5.69. The first-order valence-electron chi connectivity index (χ1n) is 6.33. The lowest BCUT2D eigenvalue weighted by molar-refractivity contribution is 0.225. The van der Waals surface area contributed by atoms with Crippen LogP contribution in [-0.2, 0) is 9.47 Å². The van der Waals surface area contributed by atoms with Gasteiger partial charge >= 0.3 is 0 Å². The first-order valence-corrected chi connectivity index (χ1v) is 7.20. The molecule has 2 aliphatic carbocycles. The molecule has 0 radical (unpaired) electrons. The quantitative estimate of drug-likeness (QED) is 0.536. The zero-order valence-corrected chi connectivity index (χ0v) is 10.5. The van der Waals surface area contributed by atoms with Crippen LogP contribution in [-0.4, -0.2) is 35.2 Å². The summed E-state index contributed by atoms with van der Waals surface area (Å²) in [6.07, 6.45) is 6.22. The smallest absolute Gasteiger partial charge is 0.101 e. The van der Waals surface area contributed by atoms with E-state index in [0.717, 1.165) is 12.8 Å². The second-order valence-corrected chi connectivity index (χ2v) is 6.75. The average Bonchev–Trinajstić information content (AvgIpc) is 3.09. The molecule has 0 bridgehead atoms. The fraction of sp³-hybridized carbons (Fsp3) is 1.00. The van der Waals surface area contributed by atoms with Gasteiger partial charge in [-0.1, -0.05) is 0 Å². The van der Waals surface area contributed by atoms with Crippen molar-refractivity contribution in [3.63, 3.8) is 0 Å². The molecule has 0 aromatic rings. The molecule has 4 fully saturated rings. The zero-order chi connectivity index (χ0) is 10.9. The second kappa shape index (κ2) is 3.50. The molecule has 2 aliphatic heterocycles. The summed E-state index contributed by atoms with van der Waals surface area (Å²) in [5, 5.41) is 0.436. The molecule has 0 aromatic carbocycles. The SMILES string of the molecule is ClC1CC2OC2CC1C1CCC2OC2C1Cl. The fourth-order valence-corrected chi connectivity index (χ4v) is 4.73. The van der Waals surface area contributed by atoms with Gasteiger partial charge < -0.3 is 9.47 Å². The van der Waals surface area contributed by atoms with Crippen molar-refractivity contribution in [2.45, 2.75) is 60.9 Å². The van der Waals surface area contributed by atoms with Gasteiger partial charge in [-0.3, -0.25) is 0 Å². The number of ether oxygens (including phenoxy) is 2. The molecule has 8 unspecified atom stereocenters. The molecule has 0 N–H and O–H groups in total. The van der Waals surface area contributed by atoms with Gasteiger partial charge in [0.25, 0.3) is 0 Å². The van der Waals surface area contributed by atoms with Gasteiger partial charge in [0.2, 0.25) is 0 Å². The third-order valence-corrected chi connectivity index (χ3v) is 5.87. The third-order valence-electron chi connectivity index (χ3n) is 4.79. The summed E-state index contributed by atoms with van der Waals surface area (Å²) in [7, 11) is 0.